The van der Waals surface area contributed by atoms with Crippen LogP contribution in [0.25, 0.3) is 0 Å². The van der Waals surface area contributed by atoms with Gasteiger partial charge in [0, 0.05) is 6.54 Å². The lowest BCUT2D eigenvalue weighted by Gasteiger charge is -2.41. The van der Waals surface area contributed by atoms with Crippen molar-refractivity contribution in [3.8, 4) is 11.5 Å². The first-order chi connectivity index (χ1) is 16.0. The number of nitrogens with zero attached hydrogens (tertiary/aromatic N) is 1. The van der Waals surface area contributed by atoms with Gasteiger partial charge in [0.25, 0.3) is 5.91 Å². The minimum absolute atomic E-state index is 0.0954. The number of benzene rings is 2. The Morgan fingerprint density at radius 2 is 1.76 bits per heavy atom. The van der Waals surface area contributed by atoms with Crippen LogP contribution >= 0.6 is 0 Å². The molecule has 0 bridgehead atoms. The monoisotopic (exact) mass is 456 g/mol. The number of carbonyl (C=O) groups is 2. The van der Waals surface area contributed by atoms with Crippen LogP contribution in [0.1, 0.15) is 48.0 Å². The van der Waals surface area contributed by atoms with Crippen LogP contribution in [0, 0.1) is 5.82 Å². The van der Waals surface area contributed by atoms with Crippen LogP contribution in [0.5, 0.6) is 11.5 Å². The van der Waals surface area contributed by atoms with Crippen molar-refractivity contribution in [1.29, 1.82) is 0 Å². The van der Waals surface area contributed by atoms with Crippen molar-refractivity contribution in [3.63, 3.8) is 0 Å². The lowest BCUT2D eigenvalue weighted by atomic mass is 9.89. The van der Waals surface area contributed by atoms with Crippen molar-refractivity contribution in [2.75, 3.05) is 20.8 Å². The third kappa shape index (κ3) is 4.53. The summed E-state index contributed by atoms with van der Waals surface area (Å²) >= 11 is 0. The summed E-state index contributed by atoms with van der Waals surface area (Å²) < 4.78 is 30.6. The molecule has 2 amide bonds. The summed E-state index contributed by atoms with van der Waals surface area (Å²) in [6, 6.07) is 10.4. The van der Waals surface area contributed by atoms with Gasteiger partial charge in [-0.05, 0) is 55.5 Å². The molecule has 2 aliphatic rings. The van der Waals surface area contributed by atoms with Gasteiger partial charge in [-0.25, -0.2) is 4.39 Å². The van der Waals surface area contributed by atoms with Gasteiger partial charge in [0.15, 0.2) is 0 Å². The van der Waals surface area contributed by atoms with Crippen molar-refractivity contribution in [2.45, 2.75) is 50.4 Å². The number of carbonyl (C=O) groups excluding carboxylic acids is 2. The normalized spacial score (nSPS) is 19.4. The molecule has 2 aromatic rings. The highest BCUT2D eigenvalue weighted by Crippen LogP contribution is 2.43. The third-order valence-corrected chi connectivity index (χ3v) is 6.41. The number of hydrogen-bond donors (Lipinski definition) is 1. The van der Waals surface area contributed by atoms with Gasteiger partial charge < -0.3 is 19.5 Å². The number of hydrogen-bond acceptors (Lipinski definition) is 5. The molecule has 2 aromatic carbocycles. The van der Waals surface area contributed by atoms with E-state index in [9.17, 15) is 14.0 Å². The maximum atomic E-state index is 14.0. The molecule has 33 heavy (non-hydrogen) atoms. The fourth-order valence-corrected chi connectivity index (χ4v) is 4.81. The van der Waals surface area contributed by atoms with E-state index in [0.29, 0.717) is 29.9 Å². The Labute approximate surface area is 192 Å². The first kappa shape index (κ1) is 23.0. The Hall–Kier alpha value is -3.13. The Bertz CT molecular complexity index is 999. The number of methoxy groups -OCH3 is 2. The van der Waals surface area contributed by atoms with Gasteiger partial charge in [-0.15, -0.1) is 0 Å². The summed E-state index contributed by atoms with van der Waals surface area (Å²) in [4.78, 5) is 28.8. The van der Waals surface area contributed by atoms with Gasteiger partial charge in [0.05, 0.1) is 20.8 Å². The molecule has 1 aliphatic heterocycles. The van der Waals surface area contributed by atoms with E-state index in [2.05, 4.69) is 5.32 Å². The van der Waals surface area contributed by atoms with E-state index < -0.39 is 11.8 Å². The maximum Gasteiger partial charge on any atom is 0.264 e. The first-order valence-electron chi connectivity index (χ1n) is 11.2. The number of ether oxygens (including phenoxy) is 3. The Kier molecular flexibility index (Phi) is 6.83. The van der Waals surface area contributed by atoms with E-state index in [0.717, 1.165) is 19.3 Å². The molecule has 1 spiro atoms. The fourth-order valence-electron chi connectivity index (χ4n) is 4.81. The summed E-state index contributed by atoms with van der Waals surface area (Å²) in [6.07, 6.45) is 4.18. The van der Waals surface area contributed by atoms with Crippen molar-refractivity contribution in [2.24, 2.45) is 0 Å². The van der Waals surface area contributed by atoms with Gasteiger partial charge >= 0.3 is 0 Å². The second kappa shape index (κ2) is 9.79. The molecule has 1 atom stereocenters. The summed E-state index contributed by atoms with van der Waals surface area (Å²) in [5.41, 5.74) is 0.0574. The van der Waals surface area contributed by atoms with Crippen molar-refractivity contribution in [1.82, 2.24) is 10.2 Å². The smallest absolute Gasteiger partial charge is 0.264 e. The van der Waals surface area contributed by atoms with Crippen molar-refractivity contribution < 1.29 is 28.2 Å². The van der Waals surface area contributed by atoms with E-state index in [1.807, 2.05) is 0 Å². The summed E-state index contributed by atoms with van der Waals surface area (Å²) in [5.74, 6) is -0.335. The van der Waals surface area contributed by atoms with Crippen LogP contribution in [0.3, 0.4) is 0 Å². The molecule has 1 saturated carbocycles. The van der Waals surface area contributed by atoms with E-state index in [4.69, 9.17) is 14.2 Å². The largest absolute Gasteiger partial charge is 0.496 e. The highest BCUT2D eigenvalue weighted by molar-refractivity contribution is 6.02. The molecule has 0 radical (unpaired) electrons. The molecule has 1 aliphatic carbocycles. The molecule has 1 N–H and O–H groups in total. The van der Waals surface area contributed by atoms with E-state index in [1.54, 1.807) is 35.2 Å². The molecular formula is C25H29FN2O5. The molecule has 0 unspecified atom stereocenters. The molecule has 2 fully saturated rings. The van der Waals surface area contributed by atoms with Gasteiger partial charge in [-0.3, -0.25) is 14.5 Å². The average molecular weight is 457 g/mol. The fraction of sp³-hybridized carbons (Fsp3) is 0.440. The molecule has 7 nitrogen and oxygen atoms in total. The van der Waals surface area contributed by atoms with Crippen LogP contribution in [0.4, 0.5) is 4.39 Å². The zero-order valence-electron chi connectivity index (χ0n) is 18.9. The Morgan fingerprint density at radius 3 is 2.39 bits per heavy atom. The van der Waals surface area contributed by atoms with E-state index in [-0.39, 0.29) is 36.3 Å². The highest BCUT2D eigenvalue weighted by atomic mass is 19.1. The number of halogens is 1. The maximum absolute atomic E-state index is 14.0. The number of amides is 2. The summed E-state index contributed by atoms with van der Waals surface area (Å²) in [7, 11) is 2.98. The van der Waals surface area contributed by atoms with Crippen molar-refractivity contribution >= 4 is 11.8 Å². The lowest BCUT2D eigenvalue weighted by Crippen LogP contribution is -2.56. The third-order valence-electron chi connectivity index (χ3n) is 6.41. The van der Waals surface area contributed by atoms with E-state index >= 15 is 0 Å². The summed E-state index contributed by atoms with van der Waals surface area (Å²) in [5, 5.41) is 2.84. The van der Waals surface area contributed by atoms with Crippen LogP contribution < -0.4 is 14.8 Å². The van der Waals surface area contributed by atoms with Crippen LogP contribution in [0.2, 0.25) is 0 Å². The van der Waals surface area contributed by atoms with E-state index in [1.165, 1.54) is 26.4 Å². The van der Waals surface area contributed by atoms with Gasteiger partial charge in [0.2, 0.25) is 5.91 Å². The molecule has 176 valence electrons. The molecule has 4 rings (SSSR count). The first-order valence-corrected chi connectivity index (χ1v) is 11.2. The predicted octanol–water partition coefficient (Wildman–Crippen LogP) is 3.66. The Balaban J connectivity index is 1.65. The zero-order valence-corrected chi connectivity index (χ0v) is 18.9. The number of nitrogens with one attached hydrogen (secondary N) is 1. The number of rotatable bonds is 6. The average Bonchev–Trinajstić information content (AvgIpc) is 3.20. The standard InChI is InChI=1S/C25H29FN2O5/c1-31-20-10-7-11-21(32-2)22(20)24(30)28-19(16-33-25(28)12-4-3-5-13-25)23(29)27-15-17-8-6-9-18(26)14-17/h6-11,14,19H,3-5,12-13,15-16H2,1-2H3,(H,27,29)/t19-/m0/s1. The lowest BCUT2D eigenvalue weighted by molar-refractivity contribution is -0.127. The van der Waals surface area contributed by atoms with Crippen LogP contribution in [-0.4, -0.2) is 49.3 Å². The molecule has 1 saturated heterocycles. The molecule has 8 heteroatoms. The topological polar surface area (TPSA) is 77.1 Å². The minimum Gasteiger partial charge on any atom is -0.496 e. The second-order valence-corrected chi connectivity index (χ2v) is 8.39. The predicted molar refractivity (Wildman–Crippen MR) is 120 cm³/mol. The second-order valence-electron chi connectivity index (χ2n) is 8.39. The minimum atomic E-state index is -0.845. The zero-order chi connectivity index (χ0) is 23.4. The van der Waals surface area contributed by atoms with Gasteiger partial charge in [-0.2, -0.15) is 0 Å². The molecular weight excluding hydrogens is 427 g/mol. The Morgan fingerprint density at radius 1 is 1.09 bits per heavy atom. The quantitative estimate of drug-likeness (QED) is 0.718. The SMILES string of the molecule is COc1cccc(OC)c1C(=O)N1[C@H](C(=O)NCc2cccc(F)c2)COC12CCCCC2. The van der Waals surface area contributed by atoms with Crippen LogP contribution in [0.15, 0.2) is 42.5 Å². The van der Waals surface area contributed by atoms with Crippen LogP contribution in [-0.2, 0) is 16.1 Å². The molecule has 0 aromatic heterocycles. The molecule has 1 heterocycles. The highest BCUT2D eigenvalue weighted by Gasteiger charge is 2.53. The van der Waals surface area contributed by atoms with Crippen molar-refractivity contribution in [3.05, 3.63) is 59.4 Å². The van der Waals surface area contributed by atoms with Gasteiger partial charge in [-0.1, -0.05) is 24.6 Å². The summed E-state index contributed by atoms with van der Waals surface area (Å²) in [6.45, 7) is 0.248. The van der Waals surface area contributed by atoms with Gasteiger partial charge in [0.1, 0.15) is 34.6 Å².